The predicted octanol–water partition coefficient (Wildman–Crippen LogP) is 3.54. The Kier molecular flexibility index (Phi) is 5.65. The van der Waals surface area contributed by atoms with Gasteiger partial charge in [0.1, 0.15) is 0 Å². The molecule has 0 aliphatic carbocycles. The number of amides is 1. The Morgan fingerprint density at radius 2 is 2.00 bits per heavy atom. The maximum absolute atomic E-state index is 14.0. The van der Waals surface area contributed by atoms with Crippen molar-refractivity contribution < 1.29 is 22.3 Å². The van der Waals surface area contributed by atoms with Crippen LogP contribution in [0.3, 0.4) is 0 Å². The lowest BCUT2D eigenvalue weighted by Gasteiger charge is -2.27. The molecule has 8 heteroatoms. The van der Waals surface area contributed by atoms with Gasteiger partial charge in [-0.1, -0.05) is 6.07 Å². The maximum atomic E-state index is 14.0. The molecule has 1 fully saturated rings. The van der Waals surface area contributed by atoms with E-state index in [0.29, 0.717) is 24.3 Å². The number of piperidine rings is 1. The van der Waals surface area contributed by atoms with Gasteiger partial charge in [0, 0.05) is 18.7 Å². The largest absolute Gasteiger partial charge is 0.491 e. The minimum Gasteiger partial charge on any atom is -0.491 e. The summed E-state index contributed by atoms with van der Waals surface area (Å²) in [5, 5.41) is 0. The summed E-state index contributed by atoms with van der Waals surface area (Å²) < 4.78 is 46.7. The summed E-state index contributed by atoms with van der Waals surface area (Å²) in [5.41, 5.74) is 0.943. The number of halogens is 1. The molecule has 0 unspecified atom stereocenters. The van der Waals surface area contributed by atoms with E-state index in [1.807, 2.05) is 0 Å². The highest BCUT2D eigenvalue weighted by atomic mass is 32.2. The van der Waals surface area contributed by atoms with Crippen molar-refractivity contribution in [3.63, 3.8) is 0 Å². The highest BCUT2D eigenvalue weighted by Gasteiger charge is 2.21. The molecule has 1 heterocycles. The van der Waals surface area contributed by atoms with Crippen LogP contribution in [0.25, 0.3) is 0 Å². The second-order valence-corrected chi connectivity index (χ2v) is 7.87. The summed E-state index contributed by atoms with van der Waals surface area (Å²) in [4.78, 5) is 13.5. The van der Waals surface area contributed by atoms with Crippen molar-refractivity contribution >= 4 is 27.3 Å². The first kappa shape index (κ1) is 19.2. The van der Waals surface area contributed by atoms with Crippen LogP contribution in [-0.4, -0.2) is 27.5 Å². The average Bonchev–Trinajstić information content (AvgIpc) is 2.64. The minimum absolute atomic E-state index is 0.00191. The quantitative estimate of drug-likeness (QED) is 0.816. The predicted molar refractivity (Wildman–Crippen MR) is 101 cm³/mol. The third-order valence-electron chi connectivity index (χ3n) is 4.25. The Labute approximate surface area is 158 Å². The van der Waals surface area contributed by atoms with Crippen LogP contribution in [0.1, 0.15) is 26.2 Å². The van der Waals surface area contributed by atoms with Crippen molar-refractivity contribution in [1.82, 2.24) is 0 Å². The first-order chi connectivity index (χ1) is 12.9. The van der Waals surface area contributed by atoms with E-state index in [1.165, 1.54) is 12.1 Å². The standard InChI is InChI=1S/C19H21FN2O4S/c1-2-26-18-10-9-16(13-17(18)20)27(24,25)21-14-6-5-7-15(12-14)22-11-4-3-8-19(22)23/h5-7,9-10,12-13,21H,2-4,8,11H2,1H3. The van der Waals surface area contributed by atoms with Gasteiger partial charge in [0.2, 0.25) is 5.91 Å². The third kappa shape index (κ3) is 4.39. The first-order valence-electron chi connectivity index (χ1n) is 8.76. The topological polar surface area (TPSA) is 75.7 Å². The molecule has 0 radical (unpaired) electrons. The summed E-state index contributed by atoms with van der Waals surface area (Å²) in [6, 6.07) is 10.1. The number of benzene rings is 2. The fraction of sp³-hybridized carbons (Fsp3) is 0.316. The van der Waals surface area contributed by atoms with E-state index in [9.17, 15) is 17.6 Å². The molecule has 6 nitrogen and oxygen atoms in total. The number of hydrogen-bond donors (Lipinski definition) is 1. The van der Waals surface area contributed by atoms with Gasteiger partial charge in [0.15, 0.2) is 11.6 Å². The van der Waals surface area contributed by atoms with Crippen molar-refractivity contribution in [1.29, 1.82) is 0 Å². The highest BCUT2D eigenvalue weighted by Crippen LogP contribution is 2.26. The molecule has 2 aromatic rings. The molecule has 1 amide bonds. The van der Waals surface area contributed by atoms with E-state index in [-0.39, 0.29) is 23.2 Å². The fourth-order valence-corrected chi connectivity index (χ4v) is 4.01. The zero-order chi connectivity index (χ0) is 19.4. The second kappa shape index (κ2) is 7.96. The molecule has 2 aromatic carbocycles. The summed E-state index contributed by atoms with van der Waals surface area (Å²) in [6.07, 6.45) is 2.26. The van der Waals surface area contributed by atoms with Gasteiger partial charge >= 0.3 is 0 Å². The van der Waals surface area contributed by atoms with Crippen LogP contribution in [0.4, 0.5) is 15.8 Å². The summed E-state index contributed by atoms with van der Waals surface area (Å²) in [7, 11) is -3.98. The van der Waals surface area contributed by atoms with Gasteiger partial charge in [-0.15, -0.1) is 0 Å². The molecule has 0 saturated carbocycles. The van der Waals surface area contributed by atoms with Crippen LogP contribution in [0.5, 0.6) is 5.75 Å². The molecule has 0 atom stereocenters. The van der Waals surface area contributed by atoms with Crippen LogP contribution in [-0.2, 0) is 14.8 Å². The van der Waals surface area contributed by atoms with E-state index in [1.54, 1.807) is 36.1 Å². The number of nitrogens with one attached hydrogen (secondary N) is 1. The van der Waals surface area contributed by atoms with Crippen LogP contribution >= 0.6 is 0 Å². The number of nitrogens with zero attached hydrogens (tertiary/aromatic N) is 1. The third-order valence-corrected chi connectivity index (χ3v) is 5.63. The van der Waals surface area contributed by atoms with Crippen LogP contribution in [0.2, 0.25) is 0 Å². The van der Waals surface area contributed by atoms with E-state index >= 15 is 0 Å². The van der Waals surface area contributed by atoms with Crippen molar-refractivity contribution in [3.8, 4) is 5.75 Å². The fourth-order valence-electron chi connectivity index (χ4n) is 2.95. The number of hydrogen-bond acceptors (Lipinski definition) is 4. The van der Waals surface area contributed by atoms with Crippen molar-refractivity contribution in [2.24, 2.45) is 0 Å². The normalized spacial score (nSPS) is 14.9. The van der Waals surface area contributed by atoms with Crippen LogP contribution in [0.15, 0.2) is 47.4 Å². The monoisotopic (exact) mass is 392 g/mol. The zero-order valence-corrected chi connectivity index (χ0v) is 15.8. The van der Waals surface area contributed by atoms with E-state index in [4.69, 9.17) is 4.74 Å². The molecule has 27 heavy (non-hydrogen) atoms. The van der Waals surface area contributed by atoms with Gasteiger partial charge in [-0.3, -0.25) is 9.52 Å². The molecule has 1 saturated heterocycles. The summed E-state index contributed by atoms with van der Waals surface area (Å²) in [6.45, 7) is 2.61. The Bertz CT molecular complexity index is 946. The molecule has 0 aromatic heterocycles. The Balaban J connectivity index is 1.83. The van der Waals surface area contributed by atoms with Gasteiger partial charge in [0.25, 0.3) is 10.0 Å². The number of ether oxygens (including phenoxy) is 1. The SMILES string of the molecule is CCOc1ccc(S(=O)(=O)Nc2cccc(N3CCCCC3=O)c2)cc1F. The van der Waals surface area contributed by atoms with Crippen LogP contribution in [0, 0.1) is 5.82 Å². The lowest BCUT2D eigenvalue weighted by Crippen LogP contribution is -2.35. The number of carbonyl (C=O) groups is 1. The number of anilines is 2. The summed E-state index contributed by atoms with van der Waals surface area (Å²) >= 11 is 0. The van der Waals surface area contributed by atoms with Gasteiger partial charge in [-0.2, -0.15) is 0 Å². The van der Waals surface area contributed by atoms with Crippen molar-refractivity contribution in [3.05, 3.63) is 48.3 Å². The molecule has 3 rings (SSSR count). The lowest BCUT2D eigenvalue weighted by atomic mass is 10.1. The van der Waals surface area contributed by atoms with Gasteiger partial charge < -0.3 is 9.64 Å². The number of rotatable bonds is 6. The van der Waals surface area contributed by atoms with Gasteiger partial charge in [-0.05, 0) is 56.2 Å². The molecule has 0 bridgehead atoms. The minimum atomic E-state index is -3.98. The molecule has 1 N–H and O–H groups in total. The molecular weight excluding hydrogens is 371 g/mol. The second-order valence-electron chi connectivity index (χ2n) is 6.18. The lowest BCUT2D eigenvalue weighted by molar-refractivity contribution is -0.119. The van der Waals surface area contributed by atoms with E-state index in [0.717, 1.165) is 18.9 Å². The molecular formula is C19H21FN2O4S. The molecule has 1 aliphatic rings. The average molecular weight is 392 g/mol. The number of sulfonamides is 1. The molecule has 1 aliphatic heterocycles. The Morgan fingerprint density at radius 3 is 2.70 bits per heavy atom. The zero-order valence-electron chi connectivity index (χ0n) is 14.9. The Morgan fingerprint density at radius 1 is 1.19 bits per heavy atom. The molecule has 0 spiro atoms. The maximum Gasteiger partial charge on any atom is 0.262 e. The van der Waals surface area contributed by atoms with Gasteiger partial charge in [-0.25, -0.2) is 12.8 Å². The van der Waals surface area contributed by atoms with E-state index < -0.39 is 15.8 Å². The molecule has 144 valence electrons. The van der Waals surface area contributed by atoms with E-state index in [2.05, 4.69) is 4.72 Å². The first-order valence-corrected chi connectivity index (χ1v) is 10.2. The number of carbonyl (C=O) groups excluding carboxylic acids is 1. The van der Waals surface area contributed by atoms with Gasteiger partial charge in [0.05, 0.1) is 17.2 Å². The Hall–Kier alpha value is -2.61. The van der Waals surface area contributed by atoms with Crippen LogP contribution < -0.4 is 14.4 Å². The van der Waals surface area contributed by atoms with Crippen molar-refractivity contribution in [2.45, 2.75) is 31.1 Å². The summed E-state index contributed by atoms with van der Waals surface area (Å²) in [5.74, 6) is -0.718. The highest BCUT2D eigenvalue weighted by molar-refractivity contribution is 7.92. The van der Waals surface area contributed by atoms with Crippen molar-refractivity contribution in [2.75, 3.05) is 22.8 Å². The smallest absolute Gasteiger partial charge is 0.262 e.